The molecule has 7 heteroatoms. The van der Waals surface area contributed by atoms with Crippen LogP contribution in [0.25, 0.3) is 21.3 Å². The number of anilines is 1. The van der Waals surface area contributed by atoms with Gasteiger partial charge in [0.05, 0.1) is 12.0 Å². The quantitative estimate of drug-likeness (QED) is 0.551. The minimum absolute atomic E-state index is 0.308. The van der Waals surface area contributed by atoms with Crippen LogP contribution in [0.2, 0.25) is 5.28 Å². The van der Waals surface area contributed by atoms with Crippen molar-refractivity contribution in [2.75, 3.05) is 38.7 Å². The number of benzene rings is 1. The number of fused-ring (bicyclic) bond motifs is 1. The molecule has 2 aromatic heterocycles. The van der Waals surface area contributed by atoms with E-state index in [1.54, 1.807) is 11.3 Å². The minimum atomic E-state index is 0.308. The highest BCUT2D eigenvalue weighted by Crippen LogP contribution is 2.40. The van der Waals surface area contributed by atoms with Crippen LogP contribution < -0.4 is 9.64 Å². The predicted molar refractivity (Wildman–Crippen MR) is 118 cm³/mol. The molecule has 3 aromatic rings. The second kappa shape index (κ2) is 8.23. The number of likely N-dealkylation sites (tertiary alicyclic amines) is 1. The van der Waals surface area contributed by atoms with E-state index in [4.69, 9.17) is 16.3 Å². The molecular formula is C21H25ClN4OS. The fourth-order valence-electron chi connectivity index (χ4n) is 3.82. The Balaban J connectivity index is 1.75. The van der Waals surface area contributed by atoms with Crippen LogP contribution >= 0.6 is 22.9 Å². The molecule has 1 aromatic carbocycles. The molecule has 0 atom stereocenters. The number of rotatable bonds is 5. The maximum absolute atomic E-state index is 6.27. The predicted octanol–water partition coefficient (Wildman–Crippen LogP) is 4.94. The van der Waals surface area contributed by atoms with E-state index in [1.807, 2.05) is 19.1 Å². The van der Waals surface area contributed by atoms with Crippen LogP contribution in [-0.4, -0.2) is 54.7 Å². The summed E-state index contributed by atoms with van der Waals surface area (Å²) in [5.74, 6) is 1.81. The Bertz CT molecular complexity index is 951. The van der Waals surface area contributed by atoms with Crippen molar-refractivity contribution in [3.05, 3.63) is 34.9 Å². The highest BCUT2D eigenvalue weighted by Gasteiger charge is 2.25. The lowest BCUT2D eigenvalue weighted by Crippen LogP contribution is -2.42. The second-order valence-corrected chi connectivity index (χ2v) is 8.44. The molecule has 0 N–H and O–H groups in total. The normalized spacial score (nSPS) is 15.9. The van der Waals surface area contributed by atoms with E-state index < -0.39 is 0 Å². The lowest BCUT2D eigenvalue weighted by molar-refractivity contribution is 0.252. The SMILES string of the molecule is CCOc1ccc(-c2csc3nc(Cl)nc(N(C)C4CCN(C)CC4)c23)cc1. The van der Waals surface area contributed by atoms with Gasteiger partial charge in [-0.1, -0.05) is 12.1 Å². The zero-order valence-electron chi connectivity index (χ0n) is 16.5. The van der Waals surface area contributed by atoms with Crippen LogP contribution in [-0.2, 0) is 0 Å². The molecule has 0 bridgehead atoms. The maximum atomic E-state index is 6.27. The van der Waals surface area contributed by atoms with Crippen molar-refractivity contribution in [1.82, 2.24) is 14.9 Å². The largest absolute Gasteiger partial charge is 0.494 e. The highest BCUT2D eigenvalue weighted by molar-refractivity contribution is 7.17. The first kappa shape index (κ1) is 19.4. The van der Waals surface area contributed by atoms with Gasteiger partial charge >= 0.3 is 0 Å². The highest BCUT2D eigenvalue weighted by atomic mass is 35.5. The first-order valence-electron chi connectivity index (χ1n) is 9.66. The van der Waals surface area contributed by atoms with Gasteiger partial charge in [0.2, 0.25) is 5.28 Å². The third-order valence-corrected chi connectivity index (χ3v) is 6.47. The van der Waals surface area contributed by atoms with Crippen molar-refractivity contribution in [2.45, 2.75) is 25.8 Å². The van der Waals surface area contributed by atoms with Crippen LogP contribution in [0.5, 0.6) is 5.75 Å². The van der Waals surface area contributed by atoms with Gasteiger partial charge in [0.1, 0.15) is 16.4 Å². The molecule has 0 spiro atoms. The zero-order valence-corrected chi connectivity index (χ0v) is 18.1. The van der Waals surface area contributed by atoms with Gasteiger partial charge in [-0.05, 0) is 69.2 Å². The number of thiophene rings is 1. The van der Waals surface area contributed by atoms with Gasteiger partial charge in [0, 0.05) is 24.0 Å². The van der Waals surface area contributed by atoms with E-state index in [-0.39, 0.29) is 0 Å². The number of hydrogen-bond donors (Lipinski definition) is 0. The van der Waals surface area contributed by atoms with Crippen LogP contribution in [0.3, 0.4) is 0 Å². The molecule has 1 saturated heterocycles. The van der Waals surface area contributed by atoms with E-state index >= 15 is 0 Å². The maximum Gasteiger partial charge on any atom is 0.225 e. The summed E-state index contributed by atoms with van der Waals surface area (Å²) >= 11 is 7.89. The third-order valence-electron chi connectivity index (χ3n) is 5.43. The summed E-state index contributed by atoms with van der Waals surface area (Å²) in [7, 11) is 4.31. The molecule has 1 aliphatic heterocycles. The fraction of sp³-hybridized carbons (Fsp3) is 0.429. The van der Waals surface area contributed by atoms with Gasteiger partial charge in [-0.15, -0.1) is 11.3 Å². The van der Waals surface area contributed by atoms with Gasteiger partial charge in [0.25, 0.3) is 0 Å². The molecule has 0 unspecified atom stereocenters. The van der Waals surface area contributed by atoms with Gasteiger partial charge < -0.3 is 14.5 Å². The standard InChI is InChI=1S/C21H25ClN4OS/c1-4-27-16-7-5-14(6-8-16)17-13-28-20-18(17)19(23-21(22)24-20)26(3)15-9-11-25(2)12-10-15/h5-8,13,15H,4,9-12H2,1-3H3. The number of ether oxygens (including phenoxy) is 1. The van der Waals surface area contributed by atoms with Crippen molar-refractivity contribution in [2.24, 2.45) is 0 Å². The fourth-order valence-corrected chi connectivity index (χ4v) is 4.97. The lowest BCUT2D eigenvalue weighted by Gasteiger charge is -2.36. The number of piperidine rings is 1. The summed E-state index contributed by atoms with van der Waals surface area (Å²) in [6.07, 6.45) is 2.25. The first-order valence-corrected chi connectivity index (χ1v) is 10.9. The van der Waals surface area contributed by atoms with E-state index in [0.29, 0.717) is 17.9 Å². The van der Waals surface area contributed by atoms with Crippen molar-refractivity contribution < 1.29 is 4.74 Å². The average Bonchev–Trinajstić information content (AvgIpc) is 3.12. The Hall–Kier alpha value is -1.89. The van der Waals surface area contributed by atoms with E-state index in [9.17, 15) is 0 Å². The molecule has 0 saturated carbocycles. The number of nitrogens with zero attached hydrogens (tertiary/aromatic N) is 4. The Morgan fingerprint density at radius 3 is 2.61 bits per heavy atom. The van der Waals surface area contributed by atoms with Gasteiger partial charge in [-0.3, -0.25) is 0 Å². The van der Waals surface area contributed by atoms with E-state index in [0.717, 1.165) is 58.8 Å². The molecule has 0 amide bonds. The van der Waals surface area contributed by atoms with Gasteiger partial charge in [-0.25, -0.2) is 4.98 Å². The van der Waals surface area contributed by atoms with Crippen LogP contribution in [0.15, 0.2) is 29.6 Å². The van der Waals surface area contributed by atoms with Gasteiger partial charge in [0.15, 0.2) is 0 Å². The summed E-state index contributed by atoms with van der Waals surface area (Å²) < 4.78 is 5.58. The van der Waals surface area contributed by atoms with E-state index in [1.165, 1.54) is 0 Å². The minimum Gasteiger partial charge on any atom is -0.494 e. The molecule has 1 fully saturated rings. The van der Waals surface area contributed by atoms with Crippen molar-refractivity contribution in [3.63, 3.8) is 0 Å². The molecule has 3 heterocycles. The number of hydrogen-bond acceptors (Lipinski definition) is 6. The van der Waals surface area contributed by atoms with Gasteiger partial charge in [-0.2, -0.15) is 4.98 Å². The molecular weight excluding hydrogens is 392 g/mol. The molecule has 5 nitrogen and oxygen atoms in total. The Labute approximate surface area is 174 Å². The van der Waals surface area contributed by atoms with Crippen molar-refractivity contribution >= 4 is 39.0 Å². The van der Waals surface area contributed by atoms with Crippen molar-refractivity contribution in [1.29, 1.82) is 0 Å². The monoisotopic (exact) mass is 416 g/mol. The second-order valence-electron chi connectivity index (χ2n) is 7.25. The van der Waals surface area contributed by atoms with Crippen molar-refractivity contribution in [3.8, 4) is 16.9 Å². The van der Waals surface area contributed by atoms with E-state index in [2.05, 4.69) is 51.4 Å². The third kappa shape index (κ3) is 3.81. The zero-order chi connectivity index (χ0) is 19.7. The van der Waals surface area contributed by atoms with Crippen LogP contribution in [0, 0.1) is 0 Å². The average molecular weight is 417 g/mol. The first-order chi connectivity index (χ1) is 13.6. The summed E-state index contributed by atoms with van der Waals surface area (Å²) in [5, 5.41) is 3.54. The topological polar surface area (TPSA) is 41.5 Å². The lowest BCUT2D eigenvalue weighted by atomic mass is 10.0. The van der Waals surface area contributed by atoms with Crippen LogP contribution in [0.1, 0.15) is 19.8 Å². The Morgan fingerprint density at radius 1 is 1.21 bits per heavy atom. The molecule has 148 valence electrons. The van der Waals surface area contributed by atoms with Crippen LogP contribution in [0.4, 0.5) is 5.82 Å². The summed E-state index contributed by atoms with van der Waals surface area (Å²) in [5.41, 5.74) is 2.29. The molecule has 1 aliphatic rings. The number of aromatic nitrogens is 2. The Morgan fingerprint density at radius 2 is 1.93 bits per heavy atom. The summed E-state index contributed by atoms with van der Waals surface area (Å²) in [6, 6.07) is 8.68. The molecule has 0 aliphatic carbocycles. The molecule has 28 heavy (non-hydrogen) atoms. The smallest absolute Gasteiger partial charge is 0.225 e. The summed E-state index contributed by atoms with van der Waals surface area (Å²) in [4.78, 5) is 14.7. The summed E-state index contributed by atoms with van der Waals surface area (Å²) in [6.45, 7) is 4.86. The molecule has 4 rings (SSSR count). The molecule has 0 radical (unpaired) electrons. The number of halogens is 1. The Kier molecular flexibility index (Phi) is 5.71.